The first-order valence-corrected chi connectivity index (χ1v) is 11.3. The molecule has 4 atom stereocenters. The zero-order valence-electron chi connectivity index (χ0n) is 17.8. The van der Waals surface area contributed by atoms with Crippen molar-refractivity contribution < 1.29 is 5.11 Å². The lowest BCUT2D eigenvalue weighted by Gasteiger charge is -2.42. The van der Waals surface area contributed by atoms with E-state index < -0.39 is 0 Å². The van der Waals surface area contributed by atoms with Crippen molar-refractivity contribution in [2.75, 3.05) is 0 Å². The predicted molar refractivity (Wildman–Crippen MR) is 117 cm³/mol. The van der Waals surface area contributed by atoms with Crippen LogP contribution in [0.15, 0.2) is 47.6 Å². The Balaban J connectivity index is 1.69. The number of hydrogen-bond acceptors (Lipinski definition) is 1. The highest BCUT2D eigenvalue weighted by Crippen LogP contribution is 2.58. The van der Waals surface area contributed by atoms with Gasteiger partial charge in [0.25, 0.3) is 0 Å². The van der Waals surface area contributed by atoms with Crippen molar-refractivity contribution >= 4 is 0 Å². The van der Waals surface area contributed by atoms with Crippen LogP contribution in [0.5, 0.6) is 0 Å². The molecule has 1 nitrogen and oxygen atoms in total. The standard InChI is InChI=1S/C26H40O/c1-19(2)8-5-6-10-23-14-16-25-21(9-7-17-26(23,25)4)12-13-22-18-24(27)15-11-20(22)3/h5-6,12-13,19,23-25,27H,3,7-11,14-18H2,1-2,4H3/b6-5+,21-12+,22-13-/t23?,24?,25?,26-/m1/s1. The van der Waals surface area contributed by atoms with E-state index in [4.69, 9.17) is 0 Å². The van der Waals surface area contributed by atoms with Crippen LogP contribution >= 0.6 is 0 Å². The van der Waals surface area contributed by atoms with E-state index in [1.54, 1.807) is 5.57 Å². The van der Waals surface area contributed by atoms with Crippen molar-refractivity contribution in [1.29, 1.82) is 0 Å². The monoisotopic (exact) mass is 368 g/mol. The van der Waals surface area contributed by atoms with E-state index in [0.717, 1.165) is 37.0 Å². The van der Waals surface area contributed by atoms with Gasteiger partial charge in [-0.25, -0.2) is 0 Å². The first-order valence-electron chi connectivity index (χ1n) is 11.3. The van der Waals surface area contributed by atoms with Crippen LogP contribution in [-0.4, -0.2) is 11.2 Å². The van der Waals surface area contributed by atoms with Crippen LogP contribution < -0.4 is 0 Å². The van der Waals surface area contributed by atoms with Crippen molar-refractivity contribution in [1.82, 2.24) is 0 Å². The van der Waals surface area contributed by atoms with E-state index in [1.807, 2.05) is 0 Å². The fraction of sp³-hybridized carbons (Fsp3) is 0.692. The quantitative estimate of drug-likeness (QED) is 0.511. The zero-order chi connectivity index (χ0) is 19.4. The second-order valence-electron chi connectivity index (χ2n) is 9.96. The molecular weight excluding hydrogens is 328 g/mol. The Morgan fingerprint density at radius 1 is 1.15 bits per heavy atom. The van der Waals surface area contributed by atoms with Gasteiger partial charge < -0.3 is 5.11 Å². The Hall–Kier alpha value is -1.08. The van der Waals surface area contributed by atoms with Gasteiger partial charge in [0, 0.05) is 0 Å². The molecule has 0 aromatic rings. The van der Waals surface area contributed by atoms with E-state index >= 15 is 0 Å². The molecule has 150 valence electrons. The molecule has 3 unspecified atom stereocenters. The Kier molecular flexibility index (Phi) is 6.84. The Morgan fingerprint density at radius 2 is 1.96 bits per heavy atom. The van der Waals surface area contributed by atoms with Gasteiger partial charge in [-0.15, -0.1) is 0 Å². The number of fused-ring (bicyclic) bond motifs is 1. The van der Waals surface area contributed by atoms with Crippen LogP contribution in [0.25, 0.3) is 0 Å². The van der Waals surface area contributed by atoms with Gasteiger partial charge >= 0.3 is 0 Å². The SMILES string of the molecule is C=C1CCC(O)C/C1=C/C=C1\CCC[C@]2(C)C(C/C=C/CC(C)C)CCC12. The van der Waals surface area contributed by atoms with Gasteiger partial charge in [-0.1, -0.05) is 62.8 Å². The van der Waals surface area contributed by atoms with Crippen molar-refractivity contribution in [2.24, 2.45) is 23.2 Å². The lowest BCUT2D eigenvalue weighted by molar-refractivity contribution is 0.137. The van der Waals surface area contributed by atoms with Crippen LogP contribution in [0.1, 0.15) is 85.0 Å². The summed E-state index contributed by atoms with van der Waals surface area (Å²) in [6.07, 6.45) is 21.2. The average molecular weight is 369 g/mol. The van der Waals surface area contributed by atoms with Crippen LogP contribution in [0, 0.1) is 23.2 Å². The summed E-state index contributed by atoms with van der Waals surface area (Å²) < 4.78 is 0. The molecule has 0 aliphatic heterocycles. The van der Waals surface area contributed by atoms with Gasteiger partial charge in [0.2, 0.25) is 0 Å². The molecule has 0 saturated heterocycles. The molecule has 3 fully saturated rings. The topological polar surface area (TPSA) is 20.2 Å². The summed E-state index contributed by atoms with van der Waals surface area (Å²) in [5.74, 6) is 2.36. The average Bonchev–Trinajstić information content (AvgIpc) is 2.96. The third-order valence-corrected chi connectivity index (χ3v) is 7.54. The summed E-state index contributed by atoms with van der Waals surface area (Å²) in [6.45, 7) is 11.4. The third-order valence-electron chi connectivity index (χ3n) is 7.54. The molecule has 1 heteroatoms. The maximum absolute atomic E-state index is 9.99. The summed E-state index contributed by atoms with van der Waals surface area (Å²) in [7, 11) is 0. The maximum atomic E-state index is 9.99. The second kappa shape index (κ2) is 8.95. The first kappa shape index (κ1) is 20.6. The molecular formula is C26H40O. The molecule has 0 radical (unpaired) electrons. The van der Waals surface area contributed by atoms with E-state index in [0.29, 0.717) is 5.41 Å². The maximum Gasteiger partial charge on any atom is 0.0583 e. The molecule has 27 heavy (non-hydrogen) atoms. The minimum atomic E-state index is -0.176. The molecule has 0 aromatic heterocycles. The summed E-state index contributed by atoms with van der Waals surface area (Å²) in [5, 5.41) is 9.99. The van der Waals surface area contributed by atoms with E-state index in [9.17, 15) is 5.11 Å². The highest BCUT2D eigenvalue weighted by Gasteiger charge is 2.48. The fourth-order valence-electron chi connectivity index (χ4n) is 5.76. The zero-order valence-corrected chi connectivity index (χ0v) is 17.8. The van der Waals surface area contributed by atoms with Crippen molar-refractivity contribution in [3.63, 3.8) is 0 Å². The Morgan fingerprint density at radius 3 is 2.74 bits per heavy atom. The highest BCUT2D eigenvalue weighted by molar-refractivity contribution is 5.36. The molecule has 3 saturated carbocycles. The molecule has 0 bridgehead atoms. The summed E-state index contributed by atoms with van der Waals surface area (Å²) >= 11 is 0. The van der Waals surface area contributed by atoms with Crippen LogP contribution in [0.2, 0.25) is 0 Å². The molecule has 0 aromatic carbocycles. The lowest BCUT2D eigenvalue weighted by Crippen LogP contribution is -2.33. The highest BCUT2D eigenvalue weighted by atomic mass is 16.3. The van der Waals surface area contributed by atoms with Gasteiger partial charge in [-0.05, 0) is 93.0 Å². The number of aliphatic hydroxyl groups is 1. The molecule has 3 rings (SSSR count). The van der Waals surface area contributed by atoms with Crippen molar-refractivity contribution in [3.8, 4) is 0 Å². The molecule has 0 amide bonds. The van der Waals surface area contributed by atoms with E-state index in [-0.39, 0.29) is 6.10 Å². The largest absolute Gasteiger partial charge is 0.393 e. The second-order valence-corrected chi connectivity index (χ2v) is 9.96. The summed E-state index contributed by atoms with van der Waals surface area (Å²) in [4.78, 5) is 0. The molecule has 0 heterocycles. The number of hydrogen-bond donors (Lipinski definition) is 1. The van der Waals surface area contributed by atoms with Gasteiger partial charge in [0.15, 0.2) is 0 Å². The predicted octanol–water partition coefficient (Wildman–Crippen LogP) is 7.15. The Bertz CT molecular complexity index is 620. The minimum Gasteiger partial charge on any atom is -0.393 e. The molecule has 3 aliphatic rings. The smallest absolute Gasteiger partial charge is 0.0583 e. The normalized spacial score (nSPS) is 37.7. The van der Waals surface area contributed by atoms with Crippen LogP contribution in [0.3, 0.4) is 0 Å². The third kappa shape index (κ3) is 4.86. The number of rotatable bonds is 5. The van der Waals surface area contributed by atoms with Gasteiger partial charge in [0.05, 0.1) is 6.10 Å². The number of aliphatic hydroxyl groups excluding tert-OH is 1. The number of allylic oxidation sites excluding steroid dienone is 6. The summed E-state index contributed by atoms with van der Waals surface area (Å²) in [6, 6.07) is 0. The van der Waals surface area contributed by atoms with Crippen molar-refractivity contribution in [3.05, 3.63) is 47.6 Å². The van der Waals surface area contributed by atoms with Gasteiger partial charge in [0.1, 0.15) is 0 Å². The van der Waals surface area contributed by atoms with Crippen molar-refractivity contribution in [2.45, 2.75) is 91.1 Å². The molecule has 1 N–H and O–H groups in total. The Labute approximate surface area is 167 Å². The van der Waals surface area contributed by atoms with Crippen LogP contribution in [-0.2, 0) is 0 Å². The van der Waals surface area contributed by atoms with E-state index in [2.05, 4.69) is 51.7 Å². The van der Waals surface area contributed by atoms with Crippen LogP contribution in [0.4, 0.5) is 0 Å². The van der Waals surface area contributed by atoms with Gasteiger partial charge in [-0.2, -0.15) is 0 Å². The molecule has 3 aliphatic carbocycles. The minimum absolute atomic E-state index is 0.176. The summed E-state index contributed by atoms with van der Waals surface area (Å²) in [5.41, 5.74) is 4.65. The first-order chi connectivity index (χ1) is 12.9. The van der Waals surface area contributed by atoms with E-state index in [1.165, 1.54) is 56.1 Å². The molecule has 0 spiro atoms. The van der Waals surface area contributed by atoms with Gasteiger partial charge in [-0.3, -0.25) is 0 Å². The fourth-order valence-corrected chi connectivity index (χ4v) is 5.76. The lowest BCUT2D eigenvalue weighted by atomic mass is 9.63.